The van der Waals surface area contributed by atoms with Gasteiger partial charge in [0.2, 0.25) is 0 Å². The van der Waals surface area contributed by atoms with Gasteiger partial charge in [-0.3, -0.25) is 4.79 Å². The number of methoxy groups -OCH3 is 1. The van der Waals surface area contributed by atoms with Crippen LogP contribution in [-0.4, -0.2) is 26.3 Å². The van der Waals surface area contributed by atoms with Crippen molar-refractivity contribution in [1.82, 2.24) is 0 Å². The van der Waals surface area contributed by atoms with Gasteiger partial charge >= 0.3 is 5.97 Å². The molecule has 0 radical (unpaired) electrons. The Morgan fingerprint density at radius 3 is 2.33 bits per heavy atom. The molecule has 1 aliphatic heterocycles. The van der Waals surface area contributed by atoms with Gasteiger partial charge in [-0.1, -0.05) is 37.6 Å². The van der Waals surface area contributed by atoms with Gasteiger partial charge in [0.25, 0.3) is 0 Å². The van der Waals surface area contributed by atoms with Gasteiger partial charge in [-0.05, 0) is 24.0 Å². The van der Waals surface area contributed by atoms with Crippen molar-refractivity contribution < 1.29 is 14.3 Å². The number of carbonyl (C=O) groups excluding carboxylic acids is 1. The molecule has 0 aliphatic carbocycles. The Morgan fingerprint density at radius 1 is 1.28 bits per heavy atom. The van der Waals surface area contributed by atoms with E-state index in [9.17, 15) is 4.79 Å². The zero-order chi connectivity index (χ0) is 13.0. The van der Waals surface area contributed by atoms with E-state index in [4.69, 9.17) is 9.47 Å². The highest BCUT2D eigenvalue weighted by atomic mass is 16.5. The Bertz CT molecular complexity index is 404. The van der Waals surface area contributed by atoms with Crippen molar-refractivity contribution in [2.45, 2.75) is 26.2 Å². The zero-order valence-corrected chi connectivity index (χ0v) is 11.1. The highest BCUT2D eigenvalue weighted by Gasteiger charge is 2.46. The lowest BCUT2D eigenvalue weighted by molar-refractivity contribution is -0.182. The molecule has 0 N–H and O–H groups in total. The molecule has 3 nitrogen and oxygen atoms in total. The van der Waals surface area contributed by atoms with E-state index in [0.29, 0.717) is 19.6 Å². The van der Waals surface area contributed by atoms with Gasteiger partial charge in [0, 0.05) is 0 Å². The summed E-state index contributed by atoms with van der Waals surface area (Å²) in [7, 11) is 1.44. The van der Waals surface area contributed by atoms with Gasteiger partial charge in [0.1, 0.15) is 5.41 Å². The molecule has 3 heteroatoms. The maximum absolute atomic E-state index is 11.8. The Labute approximate surface area is 108 Å². The van der Waals surface area contributed by atoms with Crippen LogP contribution in [0.1, 0.15) is 24.5 Å². The number of carbonyl (C=O) groups is 1. The third-order valence-corrected chi connectivity index (χ3v) is 3.48. The van der Waals surface area contributed by atoms with Crippen molar-refractivity contribution in [2.24, 2.45) is 5.41 Å². The second-order valence-corrected chi connectivity index (χ2v) is 5.01. The van der Waals surface area contributed by atoms with Crippen LogP contribution in [-0.2, 0) is 27.1 Å². The van der Waals surface area contributed by atoms with E-state index in [-0.39, 0.29) is 5.97 Å². The summed E-state index contributed by atoms with van der Waals surface area (Å²) >= 11 is 0. The molecule has 1 fully saturated rings. The fourth-order valence-electron chi connectivity index (χ4n) is 2.36. The molecular formula is C15H20O3. The first-order chi connectivity index (χ1) is 8.70. The maximum atomic E-state index is 11.8. The third-order valence-electron chi connectivity index (χ3n) is 3.48. The SMILES string of the molecule is CCCc1ccc(CC2(C(=O)OC)COC2)cc1. The minimum absolute atomic E-state index is 0.161. The van der Waals surface area contributed by atoms with Crippen LogP contribution in [0.2, 0.25) is 0 Å². The van der Waals surface area contributed by atoms with Crippen LogP contribution in [0.3, 0.4) is 0 Å². The number of ether oxygens (including phenoxy) is 2. The normalized spacial score (nSPS) is 17.0. The molecule has 0 aromatic heterocycles. The fraction of sp³-hybridized carbons (Fsp3) is 0.533. The first-order valence-electron chi connectivity index (χ1n) is 6.44. The Morgan fingerprint density at radius 2 is 1.89 bits per heavy atom. The van der Waals surface area contributed by atoms with Crippen LogP contribution in [0.4, 0.5) is 0 Å². The van der Waals surface area contributed by atoms with E-state index in [2.05, 4.69) is 31.2 Å². The van der Waals surface area contributed by atoms with E-state index in [1.807, 2.05) is 0 Å². The molecule has 1 heterocycles. The van der Waals surface area contributed by atoms with Crippen molar-refractivity contribution in [3.8, 4) is 0 Å². The number of benzene rings is 1. The predicted molar refractivity (Wildman–Crippen MR) is 69.4 cm³/mol. The maximum Gasteiger partial charge on any atom is 0.316 e. The number of hydrogen-bond acceptors (Lipinski definition) is 3. The molecule has 1 aliphatic rings. The number of rotatable bonds is 5. The molecule has 0 atom stereocenters. The van der Waals surface area contributed by atoms with Crippen molar-refractivity contribution in [3.63, 3.8) is 0 Å². The summed E-state index contributed by atoms with van der Waals surface area (Å²) in [5.74, 6) is -0.161. The molecule has 98 valence electrons. The minimum atomic E-state index is -0.457. The lowest BCUT2D eigenvalue weighted by atomic mass is 9.79. The van der Waals surface area contributed by atoms with E-state index in [0.717, 1.165) is 12.8 Å². The van der Waals surface area contributed by atoms with Crippen molar-refractivity contribution in [3.05, 3.63) is 35.4 Å². The van der Waals surface area contributed by atoms with Gasteiger partial charge in [-0.25, -0.2) is 0 Å². The third kappa shape index (κ3) is 2.56. The van der Waals surface area contributed by atoms with Crippen LogP contribution in [0.25, 0.3) is 0 Å². The average Bonchev–Trinajstić information content (AvgIpc) is 2.35. The summed E-state index contributed by atoms with van der Waals surface area (Å²) in [6.45, 7) is 3.11. The van der Waals surface area contributed by atoms with Gasteiger partial charge in [-0.15, -0.1) is 0 Å². The molecule has 0 saturated carbocycles. The Hall–Kier alpha value is -1.35. The predicted octanol–water partition coefficient (Wildman–Crippen LogP) is 2.37. The Balaban J connectivity index is 2.06. The van der Waals surface area contributed by atoms with E-state index in [1.54, 1.807) is 0 Å². The van der Waals surface area contributed by atoms with Gasteiger partial charge in [-0.2, -0.15) is 0 Å². The second-order valence-electron chi connectivity index (χ2n) is 5.01. The van der Waals surface area contributed by atoms with Crippen molar-refractivity contribution in [2.75, 3.05) is 20.3 Å². The topological polar surface area (TPSA) is 35.5 Å². The summed E-state index contributed by atoms with van der Waals surface area (Å²) in [6, 6.07) is 8.49. The molecular weight excluding hydrogens is 228 g/mol. The average molecular weight is 248 g/mol. The molecule has 0 spiro atoms. The molecule has 1 aromatic carbocycles. The zero-order valence-electron chi connectivity index (χ0n) is 11.1. The van der Waals surface area contributed by atoms with Crippen LogP contribution in [0.5, 0.6) is 0 Å². The van der Waals surface area contributed by atoms with Crippen LogP contribution in [0, 0.1) is 5.41 Å². The van der Waals surface area contributed by atoms with E-state index in [1.165, 1.54) is 18.2 Å². The number of aryl methyl sites for hydroxylation is 1. The summed E-state index contributed by atoms with van der Waals surface area (Å²) in [5.41, 5.74) is 2.06. The minimum Gasteiger partial charge on any atom is -0.468 e. The number of esters is 1. The van der Waals surface area contributed by atoms with E-state index >= 15 is 0 Å². The van der Waals surface area contributed by atoms with Gasteiger partial charge in [0.15, 0.2) is 0 Å². The molecule has 0 unspecified atom stereocenters. The van der Waals surface area contributed by atoms with Crippen LogP contribution >= 0.6 is 0 Å². The lowest BCUT2D eigenvalue weighted by Gasteiger charge is -2.38. The van der Waals surface area contributed by atoms with Crippen molar-refractivity contribution in [1.29, 1.82) is 0 Å². The van der Waals surface area contributed by atoms with Gasteiger partial charge < -0.3 is 9.47 Å². The molecule has 2 rings (SSSR count). The fourth-order valence-corrected chi connectivity index (χ4v) is 2.36. The summed E-state index contributed by atoms with van der Waals surface area (Å²) in [6.07, 6.45) is 2.96. The lowest BCUT2D eigenvalue weighted by Crippen LogP contribution is -2.51. The van der Waals surface area contributed by atoms with Crippen molar-refractivity contribution >= 4 is 5.97 Å². The molecule has 0 bridgehead atoms. The molecule has 0 amide bonds. The quantitative estimate of drug-likeness (QED) is 0.750. The number of hydrogen-bond donors (Lipinski definition) is 0. The largest absolute Gasteiger partial charge is 0.468 e. The highest BCUT2D eigenvalue weighted by Crippen LogP contribution is 2.33. The van der Waals surface area contributed by atoms with E-state index < -0.39 is 5.41 Å². The summed E-state index contributed by atoms with van der Waals surface area (Å²) in [5, 5.41) is 0. The van der Waals surface area contributed by atoms with Crippen LogP contribution in [0.15, 0.2) is 24.3 Å². The summed E-state index contributed by atoms with van der Waals surface area (Å²) in [4.78, 5) is 11.8. The van der Waals surface area contributed by atoms with Crippen LogP contribution < -0.4 is 0 Å². The first-order valence-corrected chi connectivity index (χ1v) is 6.44. The molecule has 1 saturated heterocycles. The summed E-state index contributed by atoms with van der Waals surface area (Å²) < 4.78 is 10.1. The molecule has 18 heavy (non-hydrogen) atoms. The standard InChI is InChI=1S/C15H20O3/c1-3-4-12-5-7-13(8-6-12)9-15(10-18-11-15)14(16)17-2/h5-8H,3-4,9-11H2,1-2H3. The second kappa shape index (κ2) is 5.53. The molecule has 1 aromatic rings. The highest BCUT2D eigenvalue weighted by molar-refractivity contribution is 5.78. The monoisotopic (exact) mass is 248 g/mol. The first kappa shape index (κ1) is 13.1. The van der Waals surface area contributed by atoms with Gasteiger partial charge in [0.05, 0.1) is 20.3 Å². The Kier molecular flexibility index (Phi) is 4.02. The smallest absolute Gasteiger partial charge is 0.316 e.